The average Bonchev–Trinajstić information content (AvgIpc) is 1.56. The largest absolute Gasteiger partial charge is 0.309 e. The first-order valence-corrected chi connectivity index (χ1v) is 50.8. The van der Waals surface area contributed by atoms with Crippen LogP contribution in [0.5, 0.6) is 0 Å². The van der Waals surface area contributed by atoms with E-state index in [1.807, 2.05) is 97.1 Å². The second-order valence-electron chi connectivity index (χ2n) is 40.5. The molecule has 0 N–H and O–H groups in total. The Morgan fingerprint density at radius 3 is 0.845 bits per heavy atom. The maximum Gasteiger partial charge on any atom is 0.235 e. The topological polar surface area (TPSA) is 118 Å². The zero-order valence-corrected chi connectivity index (χ0v) is 82.5. The van der Waals surface area contributed by atoms with Crippen LogP contribution in [-0.4, -0.2) is 53.6 Å². The van der Waals surface area contributed by atoms with E-state index >= 15 is 0 Å². The highest BCUT2D eigenvalue weighted by molar-refractivity contribution is 6.15. The molecule has 148 heavy (non-hydrogen) atoms. The Morgan fingerprint density at radius 2 is 0.432 bits per heavy atom. The molecule has 20 aromatic carbocycles. The molecular weight excluding hydrogens is 1800 g/mol. The molecule has 0 aliphatic heterocycles. The summed E-state index contributed by atoms with van der Waals surface area (Å²) in [5.74, 6) is 4.54. The van der Waals surface area contributed by atoms with E-state index < -0.39 is 0 Å². The van der Waals surface area contributed by atoms with Crippen LogP contribution in [0.4, 0.5) is 0 Å². The number of para-hydroxylation sites is 3. The van der Waals surface area contributed by atoms with E-state index in [4.69, 9.17) is 39.9 Å². The van der Waals surface area contributed by atoms with Crippen LogP contribution < -0.4 is 0 Å². The fraction of sp³-hybridized carbons (Fsp3) is 0.0657. The van der Waals surface area contributed by atoms with Crippen LogP contribution in [0.25, 0.3) is 240 Å². The molecular formula is C137H97N11. The SMILES string of the molecule is CC1(C)c2ccccc2-c2cc3c(cc21)c1cc(-c2ccccc2)ccc1n3-c1cccc(-c2nc(-c3ccccc3)nc(-c3ccccc3)n2)c1.CC1(C)c2ccccc2-c2cc3c(cc21)c1ccccc1n3-c1cccc(-c2nc(-c3ccccc3)nc(-c3ccc(-c4ccccc4)cc3)n2)c1.CC1(C)c2ccccc2-c2cc3c(cc21)c1ccccc1n3-c1nc(-c2ccc(-c3ccccc3)cc2)c2ccccc2n1. The van der Waals surface area contributed by atoms with Crippen LogP contribution >= 0.6 is 0 Å². The maximum atomic E-state index is 5.33. The lowest BCUT2D eigenvalue weighted by atomic mass is 9.82. The minimum absolute atomic E-state index is 0.0676. The van der Waals surface area contributed by atoms with Gasteiger partial charge in [-0.2, -0.15) is 0 Å². The van der Waals surface area contributed by atoms with E-state index in [0.29, 0.717) is 40.9 Å². The van der Waals surface area contributed by atoms with Crippen LogP contribution in [0.3, 0.4) is 0 Å². The van der Waals surface area contributed by atoms with Crippen molar-refractivity contribution in [1.82, 2.24) is 53.6 Å². The molecule has 26 aromatic rings. The van der Waals surface area contributed by atoms with Gasteiger partial charge < -0.3 is 9.13 Å². The molecule has 0 spiro atoms. The zero-order chi connectivity index (χ0) is 99.0. The fourth-order valence-corrected chi connectivity index (χ4v) is 23.3. The molecule has 0 saturated heterocycles. The van der Waals surface area contributed by atoms with Gasteiger partial charge in [0.2, 0.25) is 5.95 Å². The van der Waals surface area contributed by atoms with Crippen molar-refractivity contribution in [2.45, 2.75) is 57.8 Å². The van der Waals surface area contributed by atoms with Crippen LogP contribution in [0.15, 0.2) is 479 Å². The van der Waals surface area contributed by atoms with Gasteiger partial charge in [-0.25, -0.2) is 39.9 Å². The third-order valence-electron chi connectivity index (χ3n) is 30.7. The van der Waals surface area contributed by atoms with Crippen molar-refractivity contribution in [3.05, 3.63) is 513 Å². The summed E-state index contributed by atoms with van der Waals surface area (Å²) in [6, 6.07) is 170. The first-order chi connectivity index (χ1) is 72.6. The van der Waals surface area contributed by atoms with E-state index in [2.05, 4.69) is 437 Å². The number of rotatable bonds is 13. The van der Waals surface area contributed by atoms with Crippen molar-refractivity contribution in [2.75, 3.05) is 0 Å². The van der Waals surface area contributed by atoms with Crippen molar-refractivity contribution in [3.8, 4) is 164 Å². The Balaban J connectivity index is 0.000000110. The second-order valence-corrected chi connectivity index (χ2v) is 40.5. The first-order valence-electron chi connectivity index (χ1n) is 50.8. The normalized spacial score (nSPS) is 13.1. The lowest BCUT2D eigenvalue weighted by Crippen LogP contribution is -2.14. The van der Waals surface area contributed by atoms with Gasteiger partial charge in [0.05, 0.1) is 44.3 Å². The van der Waals surface area contributed by atoms with Crippen LogP contribution in [-0.2, 0) is 16.2 Å². The predicted molar refractivity (Wildman–Crippen MR) is 609 cm³/mol. The molecule has 11 nitrogen and oxygen atoms in total. The highest BCUT2D eigenvalue weighted by Crippen LogP contribution is 2.56. The van der Waals surface area contributed by atoms with Crippen molar-refractivity contribution < 1.29 is 0 Å². The lowest BCUT2D eigenvalue weighted by molar-refractivity contribution is 0.661. The Hall–Kier alpha value is -18.8. The minimum Gasteiger partial charge on any atom is -0.309 e. The predicted octanol–water partition coefficient (Wildman–Crippen LogP) is 34.3. The number of nitrogens with zero attached hydrogens (tertiary/aromatic N) is 11. The number of fused-ring (bicyclic) bond motifs is 19. The van der Waals surface area contributed by atoms with Gasteiger partial charge in [0, 0.05) is 104 Å². The zero-order valence-electron chi connectivity index (χ0n) is 82.5. The summed E-state index contributed by atoms with van der Waals surface area (Å²) in [6.07, 6.45) is 0. The molecule has 29 rings (SSSR count). The number of hydrogen-bond acceptors (Lipinski definition) is 8. The maximum absolute atomic E-state index is 5.33. The molecule has 6 heterocycles. The van der Waals surface area contributed by atoms with Gasteiger partial charge in [0.1, 0.15) is 0 Å². The molecule has 0 atom stereocenters. The molecule has 0 radical (unpaired) electrons. The number of hydrogen-bond donors (Lipinski definition) is 0. The molecule has 3 aliphatic carbocycles. The van der Waals surface area contributed by atoms with Gasteiger partial charge in [-0.15, -0.1) is 0 Å². The van der Waals surface area contributed by atoms with Crippen molar-refractivity contribution >= 4 is 76.3 Å². The standard InChI is InChI=1S/2C48H34N4.C41H29N3/c1-48(2)41-24-13-12-23-37(41)38-30-44-40(29-42(38)48)39-28-34(31-15-6-3-7-16-31)25-26-43(39)52(44)36-22-14-21-35(27-36)47-50-45(32-17-8-4-9-18-32)49-46(51-47)33-19-10-5-11-20-33;1-48(2)41-22-11-9-20-37(41)39-30-44-40(29-42(39)48)38-21-10-12-23-43(38)52(44)36-19-13-18-35(28-36)47-50-45(33-16-7-4-8-17-33)49-46(51-47)34-26-24-32(25-27-34)31-14-5-3-6-15-31;1-41(2)34-17-9-6-14-29(34)32-25-38-33(24-35(32)41)30-15-8-11-19-37(30)44(38)40-42-36-18-10-7-16-31(36)39(43-40)28-22-20-27(21-23-28)26-12-4-3-5-13-26/h2*3-30H,1-2H3;3-25H,1-2H3. The van der Waals surface area contributed by atoms with E-state index in [9.17, 15) is 0 Å². The Morgan fingerprint density at radius 1 is 0.155 bits per heavy atom. The summed E-state index contributed by atoms with van der Waals surface area (Å²) in [4.78, 5) is 40.7. The quantitative estimate of drug-likeness (QED) is 0.112. The molecule has 0 fully saturated rings. The van der Waals surface area contributed by atoms with Gasteiger partial charge in [-0.05, 0) is 191 Å². The Labute approximate surface area is 858 Å². The summed E-state index contributed by atoms with van der Waals surface area (Å²) in [6.45, 7) is 14.1. The van der Waals surface area contributed by atoms with Crippen molar-refractivity contribution in [2.24, 2.45) is 0 Å². The lowest BCUT2D eigenvalue weighted by Gasteiger charge is -2.21. The average molecular weight is 1900 g/mol. The fourth-order valence-electron chi connectivity index (χ4n) is 23.3. The third kappa shape index (κ3) is 14.9. The minimum atomic E-state index is -0.100. The molecule has 0 saturated carbocycles. The Kier molecular flexibility index (Phi) is 21.0. The molecule has 0 amide bonds. The van der Waals surface area contributed by atoms with Crippen LogP contribution in [0.2, 0.25) is 0 Å². The summed E-state index contributed by atoms with van der Waals surface area (Å²) < 4.78 is 7.06. The molecule has 3 aliphatic rings. The van der Waals surface area contributed by atoms with Gasteiger partial charge in [0.25, 0.3) is 0 Å². The van der Waals surface area contributed by atoms with Gasteiger partial charge in [0.15, 0.2) is 34.9 Å². The second kappa shape index (κ2) is 35.3. The van der Waals surface area contributed by atoms with Crippen LogP contribution in [0.1, 0.15) is 74.9 Å². The van der Waals surface area contributed by atoms with E-state index in [1.165, 1.54) is 143 Å². The van der Waals surface area contributed by atoms with Gasteiger partial charge in [-0.3, -0.25) is 4.57 Å². The third-order valence-corrected chi connectivity index (χ3v) is 30.7. The highest BCUT2D eigenvalue weighted by atomic mass is 15.2. The Bertz CT molecular complexity index is 9720. The van der Waals surface area contributed by atoms with Crippen LogP contribution in [0, 0.1) is 0 Å². The molecule has 0 unspecified atom stereocenters. The van der Waals surface area contributed by atoms with Crippen molar-refractivity contribution in [1.29, 1.82) is 0 Å². The highest BCUT2D eigenvalue weighted by Gasteiger charge is 2.40. The number of benzene rings is 20. The monoisotopic (exact) mass is 1900 g/mol. The first kappa shape index (κ1) is 88.1. The van der Waals surface area contributed by atoms with E-state index in [0.717, 1.165) is 89.0 Å². The molecule has 11 heteroatoms. The van der Waals surface area contributed by atoms with E-state index in [-0.39, 0.29) is 16.2 Å². The van der Waals surface area contributed by atoms with Gasteiger partial charge in [-0.1, -0.05) is 430 Å². The summed E-state index contributed by atoms with van der Waals surface area (Å²) in [5, 5.41) is 8.46. The molecule has 0 bridgehead atoms. The van der Waals surface area contributed by atoms with Gasteiger partial charge >= 0.3 is 0 Å². The molecule has 700 valence electrons. The van der Waals surface area contributed by atoms with E-state index in [1.54, 1.807) is 0 Å². The number of aromatic nitrogens is 11. The van der Waals surface area contributed by atoms with Crippen molar-refractivity contribution in [3.63, 3.8) is 0 Å². The summed E-state index contributed by atoms with van der Waals surface area (Å²) in [5.41, 5.74) is 40.6. The molecule has 6 aromatic heterocycles. The summed E-state index contributed by atoms with van der Waals surface area (Å²) >= 11 is 0. The summed E-state index contributed by atoms with van der Waals surface area (Å²) in [7, 11) is 0. The smallest absolute Gasteiger partial charge is 0.235 e.